The van der Waals surface area contributed by atoms with Crippen LogP contribution < -0.4 is 0 Å². The Morgan fingerprint density at radius 2 is 2.37 bits per heavy atom. The van der Waals surface area contributed by atoms with Crippen LogP contribution in [0.4, 0.5) is 0 Å². The van der Waals surface area contributed by atoms with Gasteiger partial charge in [0, 0.05) is 13.2 Å². The fraction of sp³-hybridized carbons (Fsp3) is 0.533. The number of nitrogens with zero attached hydrogens (tertiary/aromatic N) is 2. The van der Waals surface area contributed by atoms with Crippen LogP contribution in [0.25, 0.3) is 11.0 Å². The van der Waals surface area contributed by atoms with E-state index in [0.29, 0.717) is 12.0 Å². The van der Waals surface area contributed by atoms with Gasteiger partial charge >= 0.3 is 0 Å². The Morgan fingerprint density at radius 3 is 3.11 bits per heavy atom. The van der Waals surface area contributed by atoms with E-state index in [-0.39, 0.29) is 0 Å². The van der Waals surface area contributed by atoms with E-state index in [4.69, 9.17) is 16.3 Å². The van der Waals surface area contributed by atoms with Crippen molar-refractivity contribution in [3.05, 3.63) is 29.6 Å². The lowest BCUT2D eigenvalue weighted by atomic mass is 10.1. The molecular formula is C15H19ClN2O. The molecule has 1 fully saturated rings. The van der Waals surface area contributed by atoms with Crippen molar-refractivity contribution in [2.24, 2.45) is 0 Å². The number of aromatic nitrogens is 2. The molecule has 102 valence electrons. The molecule has 1 aromatic heterocycles. The molecule has 2 heterocycles. The van der Waals surface area contributed by atoms with Crippen molar-refractivity contribution in [2.45, 2.75) is 44.7 Å². The Bertz CT molecular complexity index is 573. The van der Waals surface area contributed by atoms with Gasteiger partial charge in [0.05, 0.1) is 23.0 Å². The lowest BCUT2D eigenvalue weighted by Gasteiger charge is -2.13. The maximum Gasteiger partial charge on any atom is 0.124 e. The van der Waals surface area contributed by atoms with Crippen molar-refractivity contribution in [3.63, 3.8) is 0 Å². The number of alkyl halides is 1. The summed E-state index contributed by atoms with van der Waals surface area (Å²) in [5.41, 5.74) is 3.52. The van der Waals surface area contributed by atoms with Crippen LogP contribution >= 0.6 is 11.6 Å². The van der Waals surface area contributed by atoms with Gasteiger partial charge in [0.1, 0.15) is 5.82 Å². The number of ether oxygens (including phenoxy) is 1. The zero-order chi connectivity index (χ0) is 13.2. The molecule has 1 aliphatic rings. The molecule has 2 aromatic rings. The Balaban J connectivity index is 1.91. The summed E-state index contributed by atoms with van der Waals surface area (Å²) in [5.74, 6) is 1.42. The van der Waals surface area contributed by atoms with Crippen LogP contribution in [0.15, 0.2) is 18.2 Å². The van der Waals surface area contributed by atoms with Crippen LogP contribution in [0.5, 0.6) is 0 Å². The highest BCUT2D eigenvalue weighted by Crippen LogP contribution is 2.23. The highest BCUT2D eigenvalue weighted by atomic mass is 35.5. The molecule has 3 nitrogen and oxygen atoms in total. The first-order valence-corrected chi connectivity index (χ1v) is 7.45. The van der Waals surface area contributed by atoms with Gasteiger partial charge in [-0.1, -0.05) is 12.1 Å². The van der Waals surface area contributed by atoms with Crippen LogP contribution in [0.2, 0.25) is 0 Å². The number of rotatable bonds is 4. The third-order valence-corrected chi connectivity index (χ3v) is 4.10. The summed E-state index contributed by atoms with van der Waals surface area (Å²) in [7, 11) is 0. The van der Waals surface area contributed by atoms with Gasteiger partial charge < -0.3 is 9.30 Å². The molecule has 0 N–H and O–H groups in total. The molecule has 0 radical (unpaired) electrons. The molecule has 1 aromatic carbocycles. The summed E-state index contributed by atoms with van der Waals surface area (Å²) in [6.07, 6.45) is 3.83. The van der Waals surface area contributed by atoms with Crippen molar-refractivity contribution in [3.8, 4) is 0 Å². The van der Waals surface area contributed by atoms with Gasteiger partial charge in [-0.05, 0) is 37.8 Å². The van der Waals surface area contributed by atoms with Gasteiger partial charge in [-0.25, -0.2) is 4.98 Å². The second-order valence-electron chi connectivity index (χ2n) is 5.18. The lowest BCUT2D eigenvalue weighted by molar-refractivity contribution is 0.100. The maximum absolute atomic E-state index is 6.04. The van der Waals surface area contributed by atoms with E-state index in [1.54, 1.807) is 0 Å². The minimum absolute atomic E-state index is 0.407. The predicted molar refractivity (Wildman–Crippen MR) is 77.6 cm³/mol. The van der Waals surface area contributed by atoms with E-state index in [1.165, 1.54) is 23.9 Å². The first kappa shape index (κ1) is 12.9. The van der Waals surface area contributed by atoms with E-state index in [9.17, 15) is 0 Å². The molecule has 0 aliphatic carbocycles. The van der Waals surface area contributed by atoms with Crippen molar-refractivity contribution in [1.29, 1.82) is 0 Å². The molecule has 0 amide bonds. The monoisotopic (exact) mass is 278 g/mol. The Hall–Kier alpha value is -1.06. The number of benzene rings is 1. The number of hydrogen-bond acceptors (Lipinski definition) is 2. The average molecular weight is 279 g/mol. The van der Waals surface area contributed by atoms with Crippen molar-refractivity contribution < 1.29 is 4.74 Å². The standard InChI is InChI=1S/C15H19ClN2O/c1-11-4-2-6-13-15(11)18(14(10-16)17-13)8-7-12-5-3-9-19-12/h2,4,6,12H,3,5,7-10H2,1H3. The first-order valence-electron chi connectivity index (χ1n) is 6.92. The SMILES string of the molecule is Cc1cccc2nc(CCl)n(CCC3CCCO3)c12. The summed E-state index contributed by atoms with van der Waals surface area (Å²) in [5, 5.41) is 0. The Morgan fingerprint density at radius 1 is 1.47 bits per heavy atom. The molecule has 19 heavy (non-hydrogen) atoms. The number of halogens is 1. The minimum Gasteiger partial charge on any atom is -0.378 e. The summed E-state index contributed by atoms with van der Waals surface area (Å²) in [6, 6.07) is 6.23. The zero-order valence-corrected chi connectivity index (χ0v) is 12.0. The van der Waals surface area contributed by atoms with Gasteiger partial charge in [0.2, 0.25) is 0 Å². The van der Waals surface area contributed by atoms with E-state index in [1.807, 2.05) is 6.07 Å². The quantitative estimate of drug-likeness (QED) is 0.798. The molecule has 4 heteroatoms. The summed E-state index contributed by atoms with van der Waals surface area (Å²) >= 11 is 6.04. The maximum atomic E-state index is 6.04. The van der Waals surface area contributed by atoms with Gasteiger partial charge in [-0.2, -0.15) is 0 Å². The van der Waals surface area contributed by atoms with Crippen LogP contribution in [0.1, 0.15) is 30.7 Å². The molecule has 0 bridgehead atoms. The van der Waals surface area contributed by atoms with Crippen LogP contribution in [0.3, 0.4) is 0 Å². The molecule has 1 aliphatic heterocycles. The number of fused-ring (bicyclic) bond motifs is 1. The molecule has 1 unspecified atom stereocenters. The number of para-hydroxylation sites is 1. The summed E-state index contributed by atoms with van der Waals surface area (Å²) in [4.78, 5) is 4.63. The molecule has 1 saturated heterocycles. The largest absolute Gasteiger partial charge is 0.378 e. The Labute approximate surface area is 118 Å². The van der Waals surface area contributed by atoms with Crippen molar-refractivity contribution in [2.75, 3.05) is 6.61 Å². The van der Waals surface area contributed by atoms with Gasteiger partial charge in [-0.15, -0.1) is 11.6 Å². The number of hydrogen-bond donors (Lipinski definition) is 0. The number of aryl methyl sites for hydroxylation is 2. The average Bonchev–Trinajstić information content (AvgIpc) is 3.03. The lowest BCUT2D eigenvalue weighted by Crippen LogP contribution is -2.12. The molecular weight excluding hydrogens is 260 g/mol. The van der Waals surface area contributed by atoms with E-state index in [2.05, 4.69) is 28.6 Å². The van der Waals surface area contributed by atoms with Gasteiger partial charge in [0.25, 0.3) is 0 Å². The fourth-order valence-electron chi connectivity index (χ4n) is 2.90. The fourth-order valence-corrected chi connectivity index (χ4v) is 3.11. The van der Waals surface area contributed by atoms with Crippen LogP contribution in [-0.4, -0.2) is 22.3 Å². The number of imidazole rings is 1. The smallest absolute Gasteiger partial charge is 0.124 e. The molecule has 1 atom stereocenters. The van der Waals surface area contributed by atoms with E-state index < -0.39 is 0 Å². The molecule has 0 spiro atoms. The molecule has 0 saturated carbocycles. The Kier molecular flexibility index (Phi) is 3.76. The highest BCUT2D eigenvalue weighted by molar-refractivity contribution is 6.16. The minimum atomic E-state index is 0.407. The summed E-state index contributed by atoms with van der Waals surface area (Å²) < 4.78 is 7.96. The summed E-state index contributed by atoms with van der Waals surface area (Å²) in [6.45, 7) is 3.98. The second-order valence-corrected chi connectivity index (χ2v) is 5.45. The predicted octanol–water partition coefficient (Wildman–Crippen LogP) is 3.65. The van der Waals surface area contributed by atoms with E-state index in [0.717, 1.165) is 30.9 Å². The van der Waals surface area contributed by atoms with Crippen LogP contribution in [-0.2, 0) is 17.2 Å². The van der Waals surface area contributed by atoms with Gasteiger partial charge in [-0.3, -0.25) is 0 Å². The van der Waals surface area contributed by atoms with Crippen molar-refractivity contribution >= 4 is 22.6 Å². The first-order chi connectivity index (χ1) is 9.29. The highest BCUT2D eigenvalue weighted by Gasteiger charge is 2.17. The van der Waals surface area contributed by atoms with E-state index >= 15 is 0 Å². The molecule has 3 rings (SSSR count). The zero-order valence-electron chi connectivity index (χ0n) is 11.2. The third kappa shape index (κ3) is 2.49. The van der Waals surface area contributed by atoms with Crippen LogP contribution in [0, 0.1) is 6.92 Å². The van der Waals surface area contributed by atoms with Gasteiger partial charge in [0.15, 0.2) is 0 Å². The normalized spacial score (nSPS) is 19.4. The van der Waals surface area contributed by atoms with Crippen molar-refractivity contribution in [1.82, 2.24) is 9.55 Å². The third-order valence-electron chi connectivity index (χ3n) is 3.87. The second kappa shape index (κ2) is 5.51. The topological polar surface area (TPSA) is 27.1 Å².